The first-order chi connectivity index (χ1) is 10.3. The van der Waals surface area contributed by atoms with Crippen LogP contribution in [-0.4, -0.2) is 40.8 Å². The monoisotopic (exact) mass is 305 g/mol. The topological polar surface area (TPSA) is 73.1 Å². The average molecular weight is 305 g/mol. The van der Waals surface area contributed by atoms with Gasteiger partial charge in [0.15, 0.2) is 0 Å². The Morgan fingerprint density at radius 2 is 2.33 bits per heavy atom. The molecule has 0 spiro atoms. The molecule has 0 radical (unpaired) electrons. The van der Waals surface area contributed by atoms with Crippen LogP contribution < -0.4 is 10.6 Å². The fourth-order valence-corrected chi connectivity index (χ4v) is 3.49. The molecular formula is C14H19N5OS. The van der Waals surface area contributed by atoms with E-state index in [4.69, 9.17) is 0 Å². The summed E-state index contributed by atoms with van der Waals surface area (Å²) >= 11 is 1.75. The third-order valence-corrected chi connectivity index (χ3v) is 4.64. The van der Waals surface area contributed by atoms with Gasteiger partial charge in [-0.2, -0.15) is 5.10 Å². The molecule has 3 N–H and O–H groups in total. The minimum atomic E-state index is -0.197. The number of likely N-dealkylation sites (tertiary alicyclic amines) is 1. The van der Waals surface area contributed by atoms with Gasteiger partial charge in [0.2, 0.25) is 0 Å². The van der Waals surface area contributed by atoms with Crippen molar-refractivity contribution in [3.8, 4) is 0 Å². The van der Waals surface area contributed by atoms with Crippen molar-refractivity contribution >= 4 is 23.1 Å². The molecule has 6 nitrogen and oxygen atoms in total. The predicted molar refractivity (Wildman–Crippen MR) is 83.5 cm³/mol. The van der Waals surface area contributed by atoms with Gasteiger partial charge in [0, 0.05) is 17.6 Å². The van der Waals surface area contributed by atoms with E-state index in [2.05, 4.69) is 43.2 Å². The molecule has 1 atom stereocenters. The molecule has 2 aromatic heterocycles. The Labute approximate surface area is 127 Å². The zero-order valence-electron chi connectivity index (χ0n) is 11.7. The lowest BCUT2D eigenvalue weighted by Crippen LogP contribution is -2.38. The van der Waals surface area contributed by atoms with Crippen molar-refractivity contribution in [2.45, 2.75) is 18.9 Å². The van der Waals surface area contributed by atoms with E-state index in [1.54, 1.807) is 23.7 Å². The molecule has 0 saturated carbocycles. The number of aromatic nitrogens is 2. The first kappa shape index (κ1) is 14.1. The van der Waals surface area contributed by atoms with Gasteiger partial charge in [-0.25, -0.2) is 4.79 Å². The van der Waals surface area contributed by atoms with E-state index in [0.29, 0.717) is 12.2 Å². The van der Waals surface area contributed by atoms with E-state index in [9.17, 15) is 4.79 Å². The summed E-state index contributed by atoms with van der Waals surface area (Å²) in [5.74, 6) is 0. The van der Waals surface area contributed by atoms with E-state index in [0.717, 1.165) is 13.1 Å². The van der Waals surface area contributed by atoms with Crippen LogP contribution in [0.4, 0.5) is 10.5 Å². The largest absolute Gasteiger partial charge is 0.336 e. The van der Waals surface area contributed by atoms with Gasteiger partial charge in [0.05, 0.1) is 17.9 Å². The number of urea groups is 1. The number of nitrogens with zero attached hydrogens (tertiary/aromatic N) is 2. The smallest absolute Gasteiger partial charge is 0.319 e. The van der Waals surface area contributed by atoms with Crippen molar-refractivity contribution in [1.29, 1.82) is 0 Å². The molecule has 0 bridgehead atoms. The van der Waals surface area contributed by atoms with Crippen LogP contribution in [0.3, 0.4) is 0 Å². The van der Waals surface area contributed by atoms with Crippen LogP contribution in [0, 0.1) is 0 Å². The lowest BCUT2D eigenvalue weighted by Gasteiger charge is -2.26. The summed E-state index contributed by atoms with van der Waals surface area (Å²) in [4.78, 5) is 15.7. The highest BCUT2D eigenvalue weighted by atomic mass is 32.1. The quantitative estimate of drug-likeness (QED) is 0.794. The SMILES string of the molecule is O=C(NC[C@@H](c1cccs1)N1CCCC1)Nc1cn[nH]c1. The molecular weight excluding hydrogens is 286 g/mol. The number of thiophene rings is 1. The van der Waals surface area contributed by atoms with Crippen LogP contribution in [0.25, 0.3) is 0 Å². The summed E-state index contributed by atoms with van der Waals surface area (Å²) in [6, 6.07) is 4.28. The normalized spacial score (nSPS) is 16.8. The molecule has 0 aromatic carbocycles. The first-order valence-electron chi connectivity index (χ1n) is 7.14. The number of hydrogen-bond acceptors (Lipinski definition) is 4. The van der Waals surface area contributed by atoms with E-state index in [1.807, 2.05) is 0 Å². The maximum absolute atomic E-state index is 11.9. The van der Waals surface area contributed by atoms with Crippen molar-refractivity contribution in [2.24, 2.45) is 0 Å². The van der Waals surface area contributed by atoms with Crippen molar-refractivity contribution in [3.05, 3.63) is 34.8 Å². The molecule has 2 amide bonds. The lowest BCUT2D eigenvalue weighted by atomic mass is 10.2. The third kappa shape index (κ3) is 3.62. The van der Waals surface area contributed by atoms with Crippen molar-refractivity contribution in [3.63, 3.8) is 0 Å². The molecule has 1 saturated heterocycles. The van der Waals surface area contributed by atoms with Crippen LogP contribution >= 0.6 is 11.3 Å². The summed E-state index contributed by atoms with van der Waals surface area (Å²) in [6.45, 7) is 2.82. The van der Waals surface area contributed by atoms with Gasteiger partial charge >= 0.3 is 6.03 Å². The van der Waals surface area contributed by atoms with E-state index >= 15 is 0 Å². The lowest BCUT2D eigenvalue weighted by molar-refractivity contribution is 0.229. The Kier molecular flexibility index (Phi) is 4.52. The second-order valence-corrected chi connectivity index (χ2v) is 6.08. The molecule has 112 valence electrons. The number of H-pyrrole nitrogens is 1. The van der Waals surface area contributed by atoms with Gasteiger partial charge in [-0.3, -0.25) is 10.00 Å². The number of carbonyl (C=O) groups excluding carboxylic acids is 1. The van der Waals surface area contributed by atoms with Gasteiger partial charge in [0.1, 0.15) is 0 Å². The Hall–Kier alpha value is -1.86. The standard InChI is InChI=1S/C14H19N5OS/c20-14(18-11-8-16-17-9-11)15-10-12(13-4-3-7-21-13)19-5-1-2-6-19/h3-4,7-9,12H,1-2,5-6,10H2,(H,16,17)(H2,15,18,20)/t12-/m0/s1. The van der Waals surface area contributed by atoms with Gasteiger partial charge in [-0.05, 0) is 37.4 Å². The van der Waals surface area contributed by atoms with E-state index < -0.39 is 0 Å². The van der Waals surface area contributed by atoms with Gasteiger partial charge < -0.3 is 10.6 Å². The zero-order chi connectivity index (χ0) is 14.5. The highest BCUT2D eigenvalue weighted by Gasteiger charge is 2.24. The maximum atomic E-state index is 11.9. The maximum Gasteiger partial charge on any atom is 0.319 e. The molecule has 7 heteroatoms. The average Bonchev–Trinajstić information content (AvgIpc) is 3.23. The molecule has 21 heavy (non-hydrogen) atoms. The fourth-order valence-electron chi connectivity index (χ4n) is 2.63. The summed E-state index contributed by atoms with van der Waals surface area (Å²) in [6.07, 6.45) is 5.71. The minimum absolute atomic E-state index is 0.197. The number of rotatable bonds is 5. The zero-order valence-corrected chi connectivity index (χ0v) is 12.5. The van der Waals surface area contributed by atoms with Crippen LogP contribution in [0.15, 0.2) is 29.9 Å². The predicted octanol–water partition coefficient (Wildman–Crippen LogP) is 2.43. The number of hydrogen-bond donors (Lipinski definition) is 3. The Morgan fingerprint density at radius 3 is 3.00 bits per heavy atom. The van der Waals surface area contributed by atoms with Crippen LogP contribution in [0.1, 0.15) is 23.8 Å². The highest BCUT2D eigenvalue weighted by molar-refractivity contribution is 7.10. The Bertz CT molecular complexity index is 548. The highest BCUT2D eigenvalue weighted by Crippen LogP contribution is 2.27. The van der Waals surface area contributed by atoms with Crippen LogP contribution in [-0.2, 0) is 0 Å². The molecule has 1 fully saturated rings. The van der Waals surface area contributed by atoms with Crippen molar-refractivity contribution in [1.82, 2.24) is 20.4 Å². The fraction of sp³-hybridized carbons (Fsp3) is 0.429. The Balaban J connectivity index is 1.58. The third-order valence-electron chi connectivity index (χ3n) is 3.67. The second kappa shape index (κ2) is 6.73. The summed E-state index contributed by atoms with van der Waals surface area (Å²) in [5.41, 5.74) is 0.668. The van der Waals surface area contributed by atoms with Crippen molar-refractivity contribution < 1.29 is 4.79 Å². The van der Waals surface area contributed by atoms with Gasteiger partial charge in [-0.15, -0.1) is 11.3 Å². The van der Waals surface area contributed by atoms with Crippen molar-refractivity contribution in [2.75, 3.05) is 25.0 Å². The summed E-state index contributed by atoms with van der Waals surface area (Å²) in [7, 11) is 0. The molecule has 2 aromatic rings. The van der Waals surface area contributed by atoms with Crippen LogP contribution in [0.5, 0.6) is 0 Å². The number of amides is 2. The molecule has 1 aliphatic heterocycles. The molecule has 0 aliphatic carbocycles. The minimum Gasteiger partial charge on any atom is -0.336 e. The number of aromatic amines is 1. The van der Waals surface area contributed by atoms with E-state index in [1.165, 1.54) is 17.7 Å². The summed E-state index contributed by atoms with van der Waals surface area (Å²) in [5, 5.41) is 14.3. The Morgan fingerprint density at radius 1 is 1.48 bits per heavy atom. The molecule has 3 rings (SSSR count). The van der Waals surface area contributed by atoms with Gasteiger partial charge in [-0.1, -0.05) is 6.07 Å². The molecule has 1 aliphatic rings. The number of nitrogens with one attached hydrogen (secondary N) is 3. The molecule has 3 heterocycles. The molecule has 0 unspecified atom stereocenters. The number of anilines is 1. The van der Waals surface area contributed by atoms with E-state index in [-0.39, 0.29) is 12.1 Å². The second-order valence-electron chi connectivity index (χ2n) is 5.10. The van der Waals surface area contributed by atoms with Gasteiger partial charge in [0.25, 0.3) is 0 Å². The van der Waals surface area contributed by atoms with Crippen LogP contribution in [0.2, 0.25) is 0 Å². The summed E-state index contributed by atoms with van der Waals surface area (Å²) < 4.78 is 0. The number of carbonyl (C=O) groups is 1. The first-order valence-corrected chi connectivity index (χ1v) is 8.02.